The molecule has 1 heterocycles. The molecule has 1 aromatic carbocycles. The zero-order valence-corrected chi connectivity index (χ0v) is 16.9. The molecule has 7 heteroatoms. The summed E-state index contributed by atoms with van der Waals surface area (Å²) in [4.78, 5) is 17.0. The highest BCUT2D eigenvalue weighted by Gasteiger charge is 2.53. The fraction of sp³-hybridized carbons (Fsp3) is 0.571. The van der Waals surface area contributed by atoms with Crippen molar-refractivity contribution in [3.05, 3.63) is 30.1 Å². The van der Waals surface area contributed by atoms with Gasteiger partial charge in [0, 0.05) is 11.1 Å². The van der Waals surface area contributed by atoms with Crippen LogP contribution in [0.5, 0.6) is 5.75 Å². The highest BCUT2D eigenvalue weighted by atomic mass is 32.2. The van der Waals surface area contributed by atoms with Crippen molar-refractivity contribution < 1.29 is 9.53 Å². The summed E-state index contributed by atoms with van der Waals surface area (Å²) in [5, 5.41) is 11.2. The number of benzene rings is 1. The van der Waals surface area contributed by atoms with Gasteiger partial charge in [0.2, 0.25) is 11.1 Å². The van der Waals surface area contributed by atoms with E-state index < -0.39 is 0 Å². The molecule has 4 fully saturated rings. The van der Waals surface area contributed by atoms with E-state index >= 15 is 0 Å². The molecular formula is C21H26N4O2S. The number of aromatic amines is 1. The second-order valence-electron chi connectivity index (χ2n) is 8.73. The van der Waals surface area contributed by atoms with Gasteiger partial charge in [0.1, 0.15) is 11.6 Å². The molecule has 148 valence electrons. The van der Waals surface area contributed by atoms with Crippen LogP contribution in [0.3, 0.4) is 0 Å². The number of hydrogen-bond donors (Lipinski definition) is 2. The molecule has 0 aliphatic heterocycles. The Hall–Kier alpha value is -2.02. The maximum absolute atomic E-state index is 12.2. The predicted molar refractivity (Wildman–Crippen MR) is 109 cm³/mol. The number of thioether (sulfide) groups is 1. The molecule has 2 N–H and O–H groups in total. The van der Waals surface area contributed by atoms with Crippen molar-refractivity contribution >= 4 is 23.4 Å². The number of carbonyl (C=O) groups is 1. The van der Waals surface area contributed by atoms with Crippen LogP contribution in [0.25, 0.3) is 0 Å². The zero-order chi connectivity index (χ0) is 19.1. The molecule has 28 heavy (non-hydrogen) atoms. The minimum atomic E-state index is -0.0590. The minimum Gasteiger partial charge on any atom is -0.497 e. The molecule has 6 rings (SSSR count). The van der Waals surface area contributed by atoms with Gasteiger partial charge < -0.3 is 10.1 Å². The van der Waals surface area contributed by atoms with Crippen molar-refractivity contribution in [1.29, 1.82) is 0 Å². The summed E-state index contributed by atoms with van der Waals surface area (Å²) in [5.74, 6) is 4.70. The van der Waals surface area contributed by atoms with Crippen LogP contribution < -0.4 is 10.1 Å². The molecule has 0 radical (unpaired) electrons. The second kappa shape index (κ2) is 7.10. The van der Waals surface area contributed by atoms with E-state index in [9.17, 15) is 4.79 Å². The normalized spacial score (nSPS) is 30.4. The molecule has 0 atom stereocenters. The molecule has 4 aliphatic carbocycles. The number of hydrogen-bond acceptors (Lipinski definition) is 5. The SMILES string of the molecule is COc1ccc(NC(=O)CSc2n[nH]c(C34CC5CC(CC(C5)C3)C4)n2)cc1. The van der Waals surface area contributed by atoms with Crippen LogP contribution in [0.4, 0.5) is 5.69 Å². The molecule has 6 nitrogen and oxygen atoms in total. The van der Waals surface area contributed by atoms with Crippen LogP contribution in [-0.2, 0) is 10.2 Å². The maximum Gasteiger partial charge on any atom is 0.234 e. The van der Waals surface area contributed by atoms with Gasteiger partial charge in [-0.15, -0.1) is 5.10 Å². The lowest BCUT2D eigenvalue weighted by atomic mass is 9.49. The van der Waals surface area contributed by atoms with Gasteiger partial charge in [-0.2, -0.15) is 0 Å². The van der Waals surface area contributed by atoms with Gasteiger partial charge in [-0.3, -0.25) is 9.89 Å². The fourth-order valence-electron chi connectivity index (χ4n) is 5.95. The van der Waals surface area contributed by atoms with Crippen LogP contribution in [-0.4, -0.2) is 34.0 Å². The van der Waals surface area contributed by atoms with Crippen molar-refractivity contribution in [1.82, 2.24) is 15.2 Å². The summed E-state index contributed by atoms with van der Waals surface area (Å²) in [7, 11) is 1.62. The van der Waals surface area contributed by atoms with Crippen LogP contribution in [0.2, 0.25) is 0 Å². The average Bonchev–Trinajstić information content (AvgIpc) is 3.16. The third-order valence-corrected chi connectivity index (χ3v) is 7.56. The topological polar surface area (TPSA) is 79.9 Å². The first-order valence-corrected chi connectivity index (χ1v) is 11.1. The summed E-state index contributed by atoms with van der Waals surface area (Å²) in [5.41, 5.74) is 0.974. The first kappa shape index (κ1) is 18.0. The van der Waals surface area contributed by atoms with Crippen LogP contribution >= 0.6 is 11.8 Å². The molecule has 4 bridgehead atoms. The number of H-pyrrole nitrogens is 1. The third kappa shape index (κ3) is 3.41. The molecule has 0 spiro atoms. The number of nitrogens with one attached hydrogen (secondary N) is 2. The van der Waals surface area contributed by atoms with Crippen molar-refractivity contribution in [2.24, 2.45) is 17.8 Å². The van der Waals surface area contributed by atoms with E-state index in [1.54, 1.807) is 7.11 Å². The molecular weight excluding hydrogens is 372 g/mol. The van der Waals surface area contributed by atoms with E-state index in [0.717, 1.165) is 35.0 Å². The van der Waals surface area contributed by atoms with Crippen molar-refractivity contribution in [3.8, 4) is 5.75 Å². The van der Waals surface area contributed by atoms with E-state index in [1.807, 2.05) is 24.3 Å². The van der Waals surface area contributed by atoms with Gasteiger partial charge in [0.15, 0.2) is 0 Å². The molecule has 0 unspecified atom stereocenters. The fourth-order valence-corrected chi connectivity index (χ4v) is 6.55. The Morgan fingerprint density at radius 3 is 2.43 bits per heavy atom. The van der Waals surface area contributed by atoms with Gasteiger partial charge in [-0.25, -0.2) is 4.98 Å². The largest absolute Gasteiger partial charge is 0.497 e. The maximum atomic E-state index is 12.2. The van der Waals surface area contributed by atoms with Gasteiger partial charge in [-0.1, -0.05) is 11.8 Å². The Labute approximate surface area is 169 Å². The minimum absolute atomic E-state index is 0.0590. The molecule has 4 saturated carbocycles. The average molecular weight is 399 g/mol. The van der Waals surface area contributed by atoms with Gasteiger partial charge >= 0.3 is 0 Å². The number of amides is 1. The first-order valence-electron chi connectivity index (χ1n) is 10.1. The van der Waals surface area contributed by atoms with E-state index in [0.29, 0.717) is 10.9 Å². The smallest absolute Gasteiger partial charge is 0.234 e. The number of carbonyl (C=O) groups excluding carboxylic acids is 1. The standard InChI is InChI=1S/C21H26N4O2S/c1-27-17-4-2-16(3-5-17)22-18(26)12-28-20-23-19(24-25-20)21-9-13-6-14(10-21)8-15(7-13)11-21/h2-5,13-15H,6-12H2,1H3,(H,22,26)(H,23,24,25). The third-order valence-electron chi connectivity index (χ3n) is 6.71. The summed E-state index contributed by atoms with van der Waals surface area (Å²) in [6.07, 6.45) is 8.03. The highest BCUT2D eigenvalue weighted by molar-refractivity contribution is 7.99. The van der Waals surface area contributed by atoms with E-state index in [-0.39, 0.29) is 11.3 Å². The first-order chi connectivity index (χ1) is 13.6. The Bertz CT molecular complexity index is 828. The highest BCUT2D eigenvalue weighted by Crippen LogP contribution is 2.60. The molecule has 1 amide bonds. The number of nitrogens with zero attached hydrogens (tertiary/aromatic N) is 2. The monoisotopic (exact) mass is 398 g/mol. The lowest BCUT2D eigenvalue weighted by Gasteiger charge is -2.55. The Morgan fingerprint density at radius 1 is 1.18 bits per heavy atom. The number of methoxy groups -OCH3 is 1. The number of aromatic nitrogens is 3. The van der Waals surface area contributed by atoms with Crippen molar-refractivity contribution in [2.75, 3.05) is 18.2 Å². The molecule has 2 aromatic rings. The number of anilines is 1. The van der Waals surface area contributed by atoms with Crippen molar-refractivity contribution in [3.63, 3.8) is 0 Å². The Balaban J connectivity index is 1.19. The number of rotatable bonds is 6. The zero-order valence-electron chi connectivity index (χ0n) is 16.1. The summed E-state index contributed by atoms with van der Waals surface area (Å²) in [6, 6.07) is 7.32. The summed E-state index contributed by atoms with van der Waals surface area (Å²) >= 11 is 1.39. The molecule has 4 aliphatic rings. The van der Waals surface area contributed by atoms with E-state index in [1.165, 1.54) is 50.3 Å². The van der Waals surface area contributed by atoms with Crippen LogP contribution in [0, 0.1) is 17.8 Å². The van der Waals surface area contributed by atoms with Gasteiger partial charge in [-0.05, 0) is 80.5 Å². The number of ether oxygens (including phenoxy) is 1. The Kier molecular flexibility index (Phi) is 4.57. The quantitative estimate of drug-likeness (QED) is 0.719. The van der Waals surface area contributed by atoms with Crippen molar-refractivity contribution in [2.45, 2.75) is 49.1 Å². The summed E-state index contributed by atoms with van der Waals surface area (Å²) in [6.45, 7) is 0. The summed E-state index contributed by atoms with van der Waals surface area (Å²) < 4.78 is 5.13. The van der Waals surface area contributed by atoms with Crippen LogP contribution in [0.15, 0.2) is 29.4 Å². The van der Waals surface area contributed by atoms with Crippen LogP contribution in [0.1, 0.15) is 44.3 Å². The van der Waals surface area contributed by atoms with Gasteiger partial charge in [0.25, 0.3) is 0 Å². The molecule has 0 saturated heterocycles. The predicted octanol–water partition coefficient (Wildman–Crippen LogP) is 4.01. The Morgan fingerprint density at radius 2 is 1.82 bits per heavy atom. The van der Waals surface area contributed by atoms with E-state index in [2.05, 4.69) is 15.5 Å². The van der Waals surface area contributed by atoms with Gasteiger partial charge in [0.05, 0.1) is 12.9 Å². The lowest BCUT2D eigenvalue weighted by molar-refractivity contribution is -0.113. The lowest BCUT2D eigenvalue weighted by Crippen LogP contribution is -2.49. The molecule has 1 aromatic heterocycles. The van der Waals surface area contributed by atoms with E-state index in [4.69, 9.17) is 9.72 Å². The second-order valence-corrected chi connectivity index (χ2v) is 9.67.